The summed E-state index contributed by atoms with van der Waals surface area (Å²) in [4.78, 5) is 25.3. The molecule has 2 aromatic rings. The molecule has 1 fully saturated rings. The molecule has 1 saturated heterocycles. The zero-order valence-electron chi connectivity index (χ0n) is 13.4. The van der Waals surface area contributed by atoms with Crippen molar-refractivity contribution in [2.45, 2.75) is 12.8 Å². The maximum Gasteiger partial charge on any atom is 0.321 e. The molecule has 1 atom stereocenters. The number of amides is 3. The number of anilines is 1. The van der Waals surface area contributed by atoms with Crippen molar-refractivity contribution < 1.29 is 9.59 Å². The molecule has 124 valence electrons. The Morgan fingerprint density at radius 2 is 1.79 bits per heavy atom. The third-order valence-corrected chi connectivity index (χ3v) is 4.36. The van der Waals surface area contributed by atoms with E-state index in [9.17, 15) is 9.59 Å². The van der Waals surface area contributed by atoms with Gasteiger partial charge in [0.2, 0.25) is 5.91 Å². The predicted octanol–water partition coefficient (Wildman–Crippen LogP) is 2.88. The molecule has 0 spiro atoms. The first-order valence-electron chi connectivity index (χ1n) is 8.11. The van der Waals surface area contributed by atoms with Gasteiger partial charge in [0.15, 0.2) is 0 Å². The van der Waals surface area contributed by atoms with Gasteiger partial charge in [-0.15, -0.1) is 0 Å². The number of nitrogens with zero attached hydrogens (tertiary/aromatic N) is 1. The normalized spacial score (nSPS) is 16.8. The van der Waals surface area contributed by atoms with Gasteiger partial charge in [-0.1, -0.05) is 30.3 Å². The van der Waals surface area contributed by atoms with Crippen LogP contribution in [0.2, 0.25) is 0 Å². The fourth-order valence-corrected chi connectivity index (χ4v) is 3.05. The number of likely N-dealkylation sites (tertiary alicyclic amines) is 1. The van der Waals surface area contributed by atoms with Crippen LogP contribution in [0.1, 0.15) is 22.3 Å². The maximum absolute atomic E-state index is 12.4. The SMILES string of the molecule is NC(=O)c1ccc(NC(=O)N2CC[C@H](Cc3ccccc3)C2)cc1. The molecule has 0 unspecified atom stereocenters. The zero-order valence-corrected chi connectivity index (χ0v) is 13.4. The molecule has 2 aromatic carbocycles. The molecule has 3 N–H and O–H groups in total. The fourth-order valence-electron chi connectivity index (χ4n) is 3.05. The molecular weight excluding hydrogens is 302 g/mol. The van der Waals surface area contributed by atoms with Gasteiger partial charge < -0.3 is 16.0 Å². The largest absolute Gasteiger partial charge is 0.366 e. The summed E-state index contributed by atoms with van der Waals surface area (Å²) < 4.78 is 0. The van der Waals surface area contributed by atoms with Gasteiger partial charge in [-0.05, 0) is 48.6 Å². The monoisotopic (exact) mass is 323 g/mol. The van der Waals surface area contributed by atoms with Crippen molar-refractivity contribution in [3.63, 3.8) is 0 Å². The van der Waals surface area contributed by atoms with Crippen LogP contribution in [0.3, 0.4) is 0 Å². The first-order valence-corrected chi connectivity index (χ1v) is 8.11. The lowest BCUT2D eigenvalue weighted by atomic mass is 9.99. The van der Waals surface area contributed by atoms with Crippen LogP contribution >= 0.6 is 0 Å². The number of nitrogens with one attached hydrogen (secondary N) is 1. The van der Waals surface area contributed by atoms with E-state index in [1.807, 2.05) is 23.1 Å². The predicted molar refractivity (Wildman–Crippen MR) is 93.8 cm³/mol. The number of benzene rings is 2. The van der Waals surface area contributed by atoms with Gasteiger partial charge in [-0.25, -0.2) is 4.79 Å². The quantitative estimate of drug-likeness (QED) is 0.908. The van der Waals surface area contributed by atoms with Gasteiger partial charge in [0.1, 0.15) is 0 Å². The summed E-state index contributed by atoms with van der Waals surface area (Å²) in [5, 5.41) is 2.87. The van der Waals surface area contributed by atoms with Crippen molar-refractivity contribution in [1.29, 1.82) is 0 Å². The Balaban J connectivity index is 1.53. The number of primary amides is 1. The molecule has 3 rings (SSSR count). The summed E-state index contributed by atoms with van der Waals surface area (Å²) in [5.41, 5.74) is 7.61. The average molecular weight is 323 g/mol. The van der Waals surface area contributed by atoms with E-state index in [0.29, 0.717) is 17.2 Å². The Morgan fingerprint density at radius 1 is 1.08 bits per heavy atom. The second-order valence-electron chi connectivity index (χ2n) is 6.16. The minimum absolute atomic E-state index is 0.0996. The minimum atomic E-state index is -0.476. The van der Waals surface area contributed by atoms with Crippen LogP contribution < -0.4 is 11.1 Å². The van der Waals surface area contributed by atoms with Crippen LogP contribution in [0.15, 0.2) is 54.6 Å². The van der Waals surface area contributed by atoms with Crippen molar-refractivity contribution in [1.82, 2.24) is 4.90 Å². The Kier molecular flexibility index (Phi) is 4.79. The van der Waals surface area contributed by atoms with Crippen molar-refractivity contribution in [3.8, 4) is 0 Å². The molecule has 5 nitrogen and oxygen atoms in total. The van der Waals surface area contributed by atoms with Crippen molar-refractivity contribution in [3.05, 3.63) is 65.7 Å². The number of nitrogens with two attached hydrogens (primary N) is 1. The van der Waals surface area contributed by atoms with E-state index in [-0.39, 0.29) is 6.03 Å². The van der Waals surface area contributed by atoms with Crippen LogP contribution in [-0.4, -0.2) is 29.9 Å². The van der Waals surface area contributed by atoms with E-state index in [1.165, 1.54) is 5.56 Å². The summed E-state index contributed by atoms with van der Waals surface area (Å²) in [6.07, 6.45) is 2.01. The van der Waals surface area contributed by atoms with E-state index in [4.69, 9.17) is 5.73 Å². The number of hydrogen-bond donors (Lipinski definition) is 2. The Labute approximate surface area is 141 Å². The summed E-state index contributed by atoms with van der Waals surface area (Å²) in [6.45, 7) is 1.53. The summed E-state index contributed by atoms with van der Waals surface area (Å²) in [6, 6.07) is 16.9. The lowest BCUT2D eigenvalue weighted by Crippen LogP contribution is -2.33. The topological polar surface area (TPSA) is 75.4 Å². The highest BCUT2D eigenvalue weighted by Gasteiger charge is 2.26. The van der Waals surface area contributed by atoms with Crippen LogP contribution in [0.5, 0.6) is 0 Å². The molecule has 1 aliphatic rings. The molecule has 5 heteroatoms. The average Bonchev–Trinajstić information content (AvgIpc) is 3.05. The second-order valence-corrected chi connectivity index (χ2v) is 6.16. The number of carbonyl (C=O) groups is 2. The molecule has 0 saturated carbocycles. The molecule has 0 aliphatic carbocycles. The third-order valence-electron chi connectivity index (χ3n) is 4.36. The summed E-state index contributed by atoms with van der Waals surface area (Å²) in [7, 11) is 0. The molecule has 0 aromatic heterocycles. The molecule has 1 heterocycles. The Hall–Kier alpha value is -2.82. The lowest BCUT2D eigenvalue weighted by molar-refractivity contribution is 0.100. The molecule has 0 bridgehead atoms. The molecule has 1 aliphatic heterocycles. The van der Waals surface area contributed by atoms with Gasteiger partial charge in [0, 0.05) is 24.3 Å². The van der Waals surface area contributed by atoms with Gasteiger partial charge in [-0.3, -0.25) is 4.79 Å². The van der Waals surface area contributed by atoms with Crippen molar-refractivity contribution in [2.24, 2.45) is 11.7 Å². The van der Waals surface area contributed by atoms with Crippen LogP contribution in [-0.2, 0) is 6.42 Å². The number of carbonyl (C=O) groups excluding carboxylic acids is 2. The zero-order chi connectivity index (χ0) is 16.9. The standard InChI is InChI=1S/C19H21N3O2/c20-18(23)16-6-8-17(9-7-16)21-19(24)22-11-10-15(13-22)12-14-4-2-1-3-5-14/h1-9,15H,10-13H2,(H2,20,23)(H,21,24)/t15-/m1/s1. The smallest absolute Gasteiger partial charge is 0.321 e. The summed E-state index contributed by atoms with van der Waals surface area (Å²) in [5.74, 6) is 0.0200. The van der Waals surface area contributed by atoms with Crippen LogP contribution in [0.4, 0.5) is 10.5 Å². The van der Waals surface area contributed by atoms with Crippen molar-refractivity contribution in [2.75, 3.05) is 18.4 Å². The van der Waals surface area contributed by atoms with E-state index < -0.39 is 5.91 Å². The van der Waals surface area contributed by atoms with Gasteiger partial charge in [-0.2, -0.15) is 0 Å². The van der Waals surface area contributed by atoms with E-state index in [2.05, 4.69) is 17.4 Å². The highest BCUT2D eigenvalue weighted by Crippen LogP contribution is 2.21. The first kappa shape index (κ1) is 16.1. The highest BCUT2D eigenvalue weighted by molar-refractivity contribution is 5.94. The first-order chi connectivity index (χ1) is 11.6. The van der Waals surface area contributed by atoms with E-state index in [1.54, 1.807) is 24.3 Å². The summed E-state index contributed by atoms with van der Waals surface area (Å²) >= 11 is 0. The van der Waals surface area contributed by atoms with E-state index >= 15 is 0 Å². The lowest BCUT2D eigenvalue weighted by Gasteiger charge is -2.17. The highest BCUT2D eigenvalue weighted by atomic mass is 16.2. The molecule has 24 heavy (non-hydrogen) atoms. The van der Waals surface area contributed by atoms with Crippen LogP contribution in [0.25, 0.3) is 0 Å². The number of urea groups is 1. The minimum Gasteiger partial charge on any atom is -0.366 e. The molecule has 3 amide bonds. The number of hydrogen-bond acceptors (Lipinski definition) is 2. The van der Waals surface area contributed by atoms with Crippen LogP contribution in [0, 0.1) is 5.92 Å². The third kappa shape index (κ3) is 3.93. The molecular formula is C19H21N3O2. The Morgan fingerprint density at radius 3 is 2.46 bits per heavy atom. The van der Waals surface area contributed by atoms with Gasteiger partial charge in [0.25, 0.3) is 0 Å². The number of rotatable bonds is 4. The molecule has 0 radical (unpaired) electrons. The van der Waals surface area contributed by atoms with Crippen molar-refractivity contribution >= 4 is 17.6 Å². The fraction of sp³-hybridized carbons (Fsp3) is 0.263. The maximum atomic E-state index is 12.4. The second kappa shape index (κ2) is 7.17. The Bertz CT molecular complexity index is 713. The van der Waals surface area contributed by atoms with Gasteiger partial charge in [0.05, 0.1) is 0 Å². The van der Waals surface area contributed by atoms with Gasteiger partial charge >= 0.3 is 6.03 Å². The van der Waals surface area contributed by atoms with E-state index in [0.717, 1.165) is 25.9 Å².